The number of hydrogen-bond donors (Lipinski definition) is 1. The molecule has 1 fully saturated rings. The Morgan fingerprint density at radius 3 is 2.68 bits per heavy atom. The number of carbonyl (C=O) groups excluding carboxylic acids is 1. The van der Waals surface area contributed by atoms with E-state index in [1.54, 1.807) is 30.6 Å². The maximum absolute atomic E-state index is 12.8. The lowest BCUT2D eigenvalue weighted by Gasteiger charge is -2.37. The summed E-state index contributed by atoms with van der Waals surface area (Å²) in [5.41, 5.74) is 0.559. The second-order valence-electron chi connectivity index (χ2n) is 6.07. The highest BCUT2D eigenvalue weighted by Crippen LogP contribution is 2.29. The van der Waals surface area contributed by atoms with Gasteiger partial charge in [0.05, 0.1) is 31.9 Å². The van der Waals surface area contributed by atoms with Crippen LogP contribution in [0, 0.1) is 0 Å². The van der Waals surface area contributed by atoms with Crippen molar-refractivity contribution in [3.63, 3.8) is 0 Å². The average molecular weight is 360 g/mol. The minimum Gasteiger partial charge on any atom is -0.496 e. The van der Waals surface area contributed by atoms with Gasteiger partial charge in [0.2, 0.25) is 0 Å². The minimum absolute atomic E-state index is 0.0332. The summed E-state index contributed by atoms with van der Waals surface area (Å²) in [4.78, 5) is 16.4. The largest absolute Gasteiger partial charge is 0.496 e. The van der Waals surface area contributed by atoms with Crippen LogP contribution in [0.2, 0.25) is 0 Å². The van der Waals surface area contributed by atoms with E-state index in [2.05, 4.69) is 34.7 Å². The van der Waals surface area contributed by atoms with Crippen molar-refractivity contribution >= 4 is 17.2 Å². The molecule has 1 aliphatic rings. The third kappa shape index (κ3) is 4.21. The summed E-state index contributed by atoms with van der Waals surface area (Å²) in [6.07, 6.45) is 0. The molecule has 25 heavy (non-hydrogen) atoms. The van der Waals surface area contributed by atoms with Gasteiger partial charge in [0.15, 0.2) is 0 Å². The minimum atomic E-state index is -0.111. The molecule has 2 atom stereocenters. The topological polar surface area (TPSA) is 50.8 Å². The number of ether oxygens (including phenoxy) is 2. The zero-order chi connectivity index (χ0) is 17.6. The Kier molecular flexibility index (Phi) is 6.07. The highest BCUT2D eigenvalue weighted by atomic mass is 32.1. The van der Waals surface area contributed by atoms with Crippen molar-refractivity contribution in [3.8, 4) is 5.75 Å². The normalized spacial score (nSPS) is 17.7. The van der Waals surface area contributed by atoms with Crippen LogP contribution in [0.1, 0.15) is 28.2 Å². The smallest absolute Gasteiger partial charge is 0.255 e. The van der Waals surface area contributed by atoms with Crippen LogP contribution < -0.4 is 10.1 Å². The number of morpholine rings is 1. The third-order valence-corrected chi connectivity index (χ3v) is 5.40. The van der Waals surface area contributed by atoms with Crippen molar-refractivity contribution < 1.29 is 14.3 Å². The summed E-state index contributed by atoms with van der Waals surface area (Å²) in [6, 6.07) is 11.6. The highest BCUT2D eigenvalue weighted by Gasteiger charge is 2.30. The van der Waals surface area contributed by atoms with E-state index in [0.29, 0.717) is 11.3 Å². The lowest BCUT2D eigenvalue weighted by molar-refractivity contribution is 0.00969. The fourth-order valence-electron chi connectivity index (χ4n) is 3.25. The van der Waals surface area contributed by atoms with Crippen molar-refractivity contribution in [2.45, 2.75) is 19.0 Å². The molecular weight excluding hydrogens is 336 g/mol. The first kappa shape index (κ1) is 17.9. The lowest BCUT2D eigenvalue weighted by Crippen LogP contribution is -2.48. The Hall–Kier alpha value is -1.89. The van der Waals surface area contributed by atoms with Crippen LogP contribution in [0.3, 0.4) is 0 Å². The average Bonchev–Trinajstić information content (AvgIpc) is 3.16. The first-order valence-electron chi connectivity index (χ1n) is 8.50. The van der Waals surface area contributed by atoms with Crippen LogP contribution in [0.15, 0.2) is 41.8 Å². The van der Waals surface area contributed by atoms with E-state index in [1.807, 2.05) is 12.1 Å². The molecule has 6 heteroatoms. The first-order valence-corrected chi connectivity index (χ1v) is 9.37. The van der Waals surface area contributed by atoms with Gasteiger partial charge >= 0.3 is 0 Å². The van der Waals surface area contributed by atoms with Gasteiger partial charge in [0.1, 0.15) is 5.75 Å². The summed E-state index contributed by atoms with van der Waals surface area (Å²) in [6.45, 7) is 5.27. The van der Waals surface area contributed by atoms with E-state index in [1.165, 1.54) is 4.88 Å². The van der Waals surface area contributed by atoms with Crippen molar-refractivity contribution in [3.05, 3.63) is 52.2 Å². The number of amides is 1. The SMILES string of the molecule is COc1ccccc1C(=O)N[C@@H](C)[C@@H](c1cccs1)N1CCOCC1. The van der Waals surface area contributed by atoms with Gasteiger partial charge in [-0.2, -0.15) is 0 Å². The zero-order valence-corrected chi connectivity index (χ0v) is 15.4. The van der Waals surface area contributed by atoms with Crippen molar-refractivity contribution in [1.29, 1.82) is 0 Å². The molecule has 1 amide bonds. The monoisotopic (exact) mass is 360 g/mol. The predicted molar refractivity (Wildman–Crippen MR) is 99.4 cm³/mol. The molecule has 134 valence electrons. The van der Waals surface area contributed by atoms with E-state index in [4.69, 9.17) is 9.47 Å². The number of para-hydroxylation sites is 1. The lowest BCUT2D eigenvalue weighted by atomic mass is 10.0. The molecule has 1 aromatic heterocycles. The molecular formula is C19H24N2O3S. The second kappa shape index (κ2) is 8.47. The number of carbonyl (C=O) groups is 1. The Labute approximate surface area is 152 Å². The molecule has 0 bridgehead atoms. The van der Waals surface area contributed by atoms with Gasteiger partial charge in [0.25, 0.3) is 5.91 Å². The van der Waals surface area contributed by atoms with E-state index in [0.717, 1.165) is 26.3 Å². The summed E-state index contributed by atoms with van der Waals surface area (Å²) >= 11 is 1.73. The molecule has 0 radical (unpaired) electrons. The van der Waals surface area contributed by atoms with Crippen LogP contribution in [0.25, 0.3) is 0 Å². The molecule has 2 aromatic rings. The fraction of sp³-hybridized carbons (Fsp3) is 0.421. The fourth-order valence-corrected chi connectivity index (χ4v) is 4.22. The maximum Gasteiger partial charge on any atom is 0.255 e. The van der Waals surface area contributed by atoms with E-state index in [-0.39, 0.29) is 18.0 Å². The Bertz CT molecular complexity index is 684. The van der Waals surface area contributed by atoms with E-state index >= 15 is 0 Å². The standard InChI is InChI=1S/C19H24N2O3S/c1-14(20-19(22)15-6-3-4-7-16(15)23-2)18(17-8-5-13-25-17)21-9-11-24-12-10-21/h3-8,13-14,18H,9-12H2,1-2H3,(H,20,22)/t14-,18-/m0/s1. The molecule has 0 unspecified atom stereocenters. The molecule has 0 saturated carbocycles. The molecule has 0 spiro atoms. The number of benzene rings is 1. The Balaban J connectivity index is 1.78. The first-order chi connectivity index (χ1) is 12.2. The molecule has 1 saturated heterocycles. The van der Waals surface area contributed by atoms with Crippen LogP contribution in [0.5, 0.6) is 5.75 Å². The number of nitrogens with one attached hydrogen (secondary N) is 1. The van der Waals surface area contributed by atoms with E-state index in [9.17, 15) is 4.79 Å². The van der Waals surface area contributed by atoms with Crippen LogP contribution in [-0.2, 0) is 4.74 Å². The van der Waals surface area contributed by atoms with Crippen molar-refractivity contribution in [2.24, 2.45) is 0 Å². The van der Waals surface area contributed by atoms with Gasteiger partial charge in [-0.15, -0.1) is 11.3 Å². The van der Waals surface area contributed by atoms with Gasteiger partial charge < -0.3 is 14.8 Å². The van der Waals surface area contributed by atoms with Gasteiger partial charge in [-0.1, -0.05) is 18.2 Å². The molecule has 5 nitrogen and oxygen atoms in total. The number of thiophene rings is 1. The van der Waals surface area contributed by atoms with E-state index < -0.39 is 0 Å². The van der Waals surface area contributed by atoms with Gasteiger partial charge in [-0.25, -0.2) is 0 Å². The van der Waals surface area contributed by atoms with Crippen LogP contribution >= 0.6 is 11.3 Å². The van der Waals surface area contributed by atoms with Crippen molar-refractivity contribution in [1.82, 2.24) is 10.2 Å². The van der Waals surface area contributed by atoms with Gasteiger partial charge in [-0.05, 0) is 30.5 Å². The predicted octanol–water partition coefficient (Wildman–Crippen LogP) is 2.95. The number of nitrogens with zero attached hydrogens (tertiary/aromatic N) is 1. The Morgan fingerprint density at radius 2 is 2.00 bits per heavy atom. The van der Waals surface area contributed by atoms with Crippen LogP contribution in [-0.4, -0.2) is 50.3 Å². The molecule has 1 N–H and O–H groups in total. The quantitative estimate of drug-likeness (QED) is 0.861. The second-order valence-corrected chi connectivity index (χ2v) is 7.05. The zero-order valence-electron chi connectivity index (χ0n) is 14.6. The number of methoxy groups -OCH3 is 1. The third-order valence-electron chi connectivity index (χ3n) is 4.46. The van der Waals surface area contributed by atoms with Crippen LogP contribution in [0.4, 0.5) is 0 Å². The summed E-state index contributed by atoms with van der Waals surface area (Å²) in [5.74, 6) is 0.478. The van der Waals surface area contributed by atoms with Gasteiger partial charge in [0, 0.05) is 24.0 Å². The number of rotatable bonds is 6. The molecule has 1 aromatic carbocycles. The van der Waals surface area contributed by atoms with Gasteiger partial charge in [-0.3, -0.25) is 9.69 Å². The summed E-state index contributed by atoms with van der Waals surface area (Å²) in [7, 11) is 1.58. The maximum atomic E-state index is 12.8. The summed E-state index contributed by atoms with van der Waals surface area (Å²) in [5, 5.41) is 5.24. The Morgan fingerprint density at radius 1 is 1.24 bits per heavy atom. The molecule has 2 heterocycles. The molecule has 1 aliphatic heterocycles. The molecule has 0 aliphatic carbocycles. The number of hydrogen-bond acceptors (Lipinski definition) is 5. The summed E-state index contributed by atoms with van der Waals surface area (Å²) < 4.78 is 10.8. The highest BCUT2D eigenvalue weighted by molar-refractivity contribution is 7.10. The molecule has 3 rings (SSSR count). The van der Waals surface area contributed by atoms with Crippen molar-refractivity contribution in [2.75, 3.05) is 33.4 Å².